The summed E-state index contributed by atoms with van der Waals surface area (Å²) in [7, 11) is -3.88. The molecule has 1 N–H and O–H groups in total. The van der Waals surface area contributed by atoms with Gasteiger partial charge in [0.1, 0.15) is 11.0 Å². The molecule has 2 fully saturated rings. The summed E-state index contributed by atoms with van der Waals surface area (Å²) in [5, 5.41) is 0.725. The Morgan fingerprint density at radius 3 is 2.43 bits per heavy atom. The highest BCUT2D eigenvalue weighted by Gasteiger charge is 2.28. The molecule has 0 spiro atoms. The van der Waals surface area contributed by atoms with Crippen LogP contribution in [0.25, 0.3) is 10.9 Å². The second-order valence-corrected chi connectivity index (χ2v) is 10.7. The Hall–Kier alpha value is -3.70. The van der Waals surface area contributed by atoms with Gasteiger partial charge < -0.3 is 19.3 Å². The Balaban J connectivity index is 1.18. The molecular weight excluding hydrogens is 496 g/mol. The van der Waals surface area contributed by atoms with E-state index in [1.807, 2.05) is 0 Å². The maximum absolute atomic E-state index is 13.0. The highest BCUT2D eigenvalue weighted by Crippen LogP contribution is 2.24. The Morgan fingerprint density at radius 1 is 0.973 bits per heavy atom. The minimum Gasteiger partial charge on any atom is -0.444 e. The number of amides is 2. The lowest BCUT2D eigenvalue weighted by Gasteiger charge is -2.35. The zero-order chi connectivity index (χ0) is 25.8. The highest BCUT2D eigenvalue weighted by atomic mass is 32.2. The quantitative estimate of drug-likeness (QED) is 0.545. The maximum atomic E-state index is 13.0. The van der Waals surface area contributed by atoms with Gasteiger partial charge in [-0.3, -0.25) is 14.5 Å². The van der Waals surface area contributed by atoms with Gasteiger partial charge in [0.2, 0.25) is 0 Å². The fourth-order valence-corrected chi connectivity index (χ4v) is 5.72. The third kappa shape index (κ3) is 5.67. The minimum absolute atomic E-state index is 0.0816. The topological polar surface area (TPSA) is 118 Å². The number of anilines is 1. The molecule has 11 heteroatoms. The van der Waals surface area contributed by atoms with E-state index in [9.17, 15) is 18.0 Å². The molecule has 1 aromatic heterocycles. The van der Waals surface area contributed by atoms with Crippen molar-refractivity contribution >= 4 is 38.6 Å². The van der Waals surface area contributed by atoms with Crippen molar-refractivity contribution in [2.75, 3.05) is 44.1 Å². The number of aromatic nitrogens is 1. The fourth-order valence-electron chi connectivity index (χ4n) is 4.48. The van der Waals surface area contributed by atoms with Crippen LogP contribution >= 0.6 is 0 Å². The number of hydrogen-bond donors (Lipinski definition) is 1. The third-order valence-electron chi connectivity index (χ3n) is 6.48. The lowest BCUT2D eigenvalue weighted by molar-refractivity contribution is -0.0300. The number of piperazine rings is 1. The Morgan fingerprint density at radius 2 is 1.70 bits per heavy atom. The summed E-state index contributed by atoms with van der Waals surface area (Å²) in [6, 6.07) is 14.8. The summed E-state index contributed by atoms with van der Waals surface area (Å²) in [4.78, 5) is 33.0. The van der Waals surface area contributed by atoms with Crippen LogP contribution in [0.4, 0.5) is 10.5 Å². The number of sulfonamides is 1. The SMILES string of the molecule is O=C(OC1CCCOC1)N1CCN(C(=O)c2ccc(NS(=O)(=O)c3cccc4cccnc34)cc2)CC1. The number of carbonyl (C=O) groups is 2. The van der Waals surface area contributed by atoms with Crippen molar-refractivity contribution in [1.82, 2.24) is 14.8 Å². The van der Waals surface area contributed by atoms with Crippen LogP contribution in [0.5, 0.6) is 0 Å². The van der Waals surface area contributed by atoms with E-state index in [4.69, 9.17) is 9.47 Å². The molecule has 0 bridgehead atoms. The van der Waals surface area contributed by atoms with E-state index in [1.165, 1.54) is 6.07 Å². The number of carbonyl (C=O) groups excluding carboxylic acids is 2. The third-order valence-corrected chi connectivity index (χ3v) is 7.89. The van der Waals surface area contributed by atoms with Crippen molar-refractivity contribution in [3.8, 4) is 0 Å². The molecule has 2 aliphatic rings. The smallest absolute Gasteiger partial charge is 0.410 e. The molecule has 2 amide bonds. The van der Waals surface area contributed by atoms with Crippen LogP contribution in [-0.2, 0) is 19.5 Å². The zero-order valence-corrected chi connectivity index (χ0v) is 21.0. The normalized spacial score (nSPS) is 18.4. The van der Waals surface area contributed by atoms with E-state index in [1.54, 1.807) is 64.5 Å². The van der Waals surface area contributed by atoms with Crippen LogP contribution in [0.2, 0.25) is 0 Å². The molecule has 3 heterocycles. The second-order valence-electron chi connectivity index (χ2n) is 9.02. The molecule has 5 rings (SSSR count). The number of rotatable bonds is 5. The van der Waals surface area contributed by atoms with Crippen molar-refractivity contribution in [2.24, 2.45) is 0 Å². The van der Waals surface area contributed by atoms with E-state index in [-0.39, 0.29) is 23.0 Å². The lowest BCUT2D eigenvalue weighted by atomic mass is 10.1. The molecule has 1 atom stereocenters. The van der Waals surface area contributed by atoms with Gasteiger partial charge in [0.25, 0.3) is 15.9 Å². The summed E-state index contributed by atoms with van der Waals surface area (Å²) >= 11 is 0. The summed E-state index contributed by atoms with van der Waals surface area (Å²) in [6.45, 7) is 2.66. The molecule has 0 aliphatic carbocycles. The van der Waals surface area contributed by atoms with Crippen molar-refractivity contribution in [3.05, 3.63) is 66.4 Å². The Labute approximate surface area is 215 Å². The summed E-state index contributed by atoms with van der Waals surface area (Å²) < 4.78 is 39.5. The number of pyridine rings is 1. The lowest BCUT2D eigenvalue weighted by Crippen LogP contribution is -2.51. The van der Waals surface area contributed by atoms with Crippen molar-refractivity contribution < 1.29 is 27.5 Å². The molecule has 194 valence electrons. The standard InChI is InChI=1S/C26H28N4O6S/c31-25(29-13-15-30(16-14-29)26(32)36-22-6-3-17-35-18-22)20-8-10-21(11-9-20)28-37(33,34)23-7-1-4-19-5-2-12-27-24(19)23/h1-2,4-5,7-12,22,28H,3,6,13-18H2. The van der Waals surface area contributed by atoms with Gasteiger partial charge in [0, 0.05) is 55.6 Å². The first-order chi connectivity index (χ1) is 17.9. The maximum Gasteiger partial charge on any atom is 0.410 e. The number of para-hydroxylation sites is 1. The van der Waals surface area contributed by atoms with Crippen molar-refractivity contribution in [3.63, 3.8) is 0 Å². The van der Waals surface area contributed by atoms with Crippen molar-refractivity contribution in [1.29, 1.82) is 0 Å². The van der Waals surface area contributed by atoms with Gasteiger partial charge in [0.15, 0.2) is 0 Å². The number of fused-ring (bicyclic) bond motifs is 1. The average molecular weight is 525 g/mol. The molecule has 3 aromatic rings. The van der Waals surface area contributed by atoms with Gasteiger partial charge in [-0.05, 0) is 49.2 Å². The summed E-state index contributed by atoms with van der Waals surface area (Å²) in [5.74, 6) is -0.179. The molecule has 37 heavy (non-hydrogen) atoms. The first-order valence-electron chi connectivity index (χ1n) is 12.2. The fraction of sp³-hybridized carbons (Fsp3) is 0.346. The Bertz CT molecular complexity index is 1380. The monoisotopic (exact) mass is 524 g/mol. The number of benzene rings is 2. The predicted molar refractivity (Wildman–Crippen MR) is 137 cm³/mol. The van der Waals surface area contributed by atoms with E-state index < -0.39 is 10.0 Å². The first-order valence-corrected chi connectivity index (χ1v) is 13.7. The van der Waals surface area contributed by atoms with Crippen LogP contribution < -0.4 is 4.72 Å². The van der Waals surface area contributed by atoms with Gasteiger partial charge in [-0.2, -0.15) is 0 Å². The molecule has 2 aliphatic heterocycles. The van der Waals surface area contributed by atoms with Gasteiger partial charge in [0.05, 0.1) is 12.1 Å². The van der Waals surface area contributed by atoms with E-state index in [0.717, 1.165) is 18.2 Å². The molecule has 2 saturated heterocycles. The molecular formula is C26H28N4O6S. The van der Waals surface area contributed by atoms with Gasteiger partial charge >= 0.3 is 6.09 Å². The van der Waals surface area contributed by atoms with Crippen LogP contribution in [0.3, 0.4) is 0 Å². The van der Waals surface area contributed by atoms with Gasteiger partial charge in [-0.25, -0.2) is 13.2 Å². The van der Waals surface area contributed by atoms with Crippen LogP contribution in [0.15, 0.2) is 65.7 Å². The Kier molecular flexibility index (Phi) is 7.24. The molecule has 10 nitrogen and oxygen atoms in total. The molecule has 0 saturated carbocycles. The summed E-state index contributed by atoms with van der Waals surface area (Å²) in [6.07, 6.45) is 2.64. The molecule has 2 aromatic carbocycles. The van der Waals surface area contributed by atoms with Gasteiger partial charge in [-0.1, -0.05) is 18.2 Å². The van der Waals surface area contributed by atoms with Gasteiger partial charge in [-0.15, -0.1) is 0 Å². The second kappa shape index (κ2) is 10.7. The number of nitrogens with one attached hydrogen (secondary N) is 1. The van der Waals surface area contributed by atoms with E-state index in [0.29, 0.717) is 56.2 Å². The summed E-state index contributed by atoms with van der Waals surface area (Å²) in [5.41, 5.74) is 1.16. The number of ether oxygens (including phenoxy) is 2. The van der Waals surface area contributed by atoms with E-state index in [2.05, 4.69) is 9.71 Å². The van der Waals surface area contributed by atoms with Crippen LogP contribution in [-0.4, -0.2) is 80.7 Å². The molecule has 0 radical (unpaired) electrons. The highest BCUT2D eigenvalue weighted by molar-refractivity contribution is 7.93. The van der Waals surface area contributed by atoms with Crippen LogP contribution in [0.1, 0.15) is 23.2 Å². The minimum atomic E-state index is -3.88. The molecule has 1 unspecified atom stereocenters. The van der Waals surface area contributed by atoms with Crippen LogP contribution in [0, 0.1) is 0 Å². The zero-order valence-electron chi connectivity index (χ0n) is 20.2. The average Bonchev–Trinajstić information content (AvgIpc) is 2.93. The largest absolute Gasteiger partial charge is 0.444 e. The predicted octanol–water partition coefficient (Wildman–Crippen LogP) is 3.11. The number of hydrogen-bond acceptors (Lipinski definition) is 7. The first kappa shape index (κ1) is 25.0. The van der Waals surface area contributed by atoms with Crippen molar-refractivity contribution in [2.45, 2.75) is 23.8 Å². The number of nitrogens with zero attached hydrogens (tertiary/aromatic N) is 3. The van der Waals surface area contributed by atoms with E-state index >= 15 is 0 Å².